The van der Waals surface area contributed by atoms with Crippen molar-refractivity contribution in [1.82, 2.24) is 5.32 Å². The second-order valence-electron chi connectivity index (χ2n) is 4.01. The zero-order valence-electron chi connectivity index (χ0n) is 9.85. The number of nitrogens with two attached hydrogens (primary N) is 1. The van der Waals surface area contributed by atoms with Crippen LogP contribution in [0.3, 0.4) is 0 Å². The van der Waals surface area contributed by atoms with E-state index >= 15 is 0 Å². The summed E-state index contributed by atoms with van der Waals surface area (Å²) in [7, 11) is 0. The molecule has 0 spiro atoms. The normalized spacial score (nSPS) is 11.9. The number of carbonyl (C=O) groups excluding carboxylic acids is 1. The molecular weight excluding hydrogens is 258 g/mol. The Bertz CT molecular complexity index is 465. The summed E-state index contributed by atoms with van der Waals surface area (Å²) in [4.78, 5) is 21.8. The van der Waals surface area contributed by atoms with Crippen LogP contribution in [0.4, 0.5) is 5.69 Å². The van der Waals surface area contributed by atoms with Crippen molar-refractivity contribution in [3.05, 3.63) is 38.9 Å². The van der Waals surface area contributed by atoms with E-state index in [0.717, 1.165) is 0 Å². The van der Waals surface area contributed by atoms with Gasteiger partial charge >= 0.3 is 0 Å². The number of rotatable bonds is 5. The molecule has 1 unspecified atom stereocenters. The van der Waals surface area contributed by atoms with E-state index in [9.17, 15) is 14.9 Å². The van der Waals surface area contributed by atoms with Gasteiger partial charge in [0.2, 0.25) is 0 Å². The van der Waals surface area contributed by atoms with Gasteiger partial charge in [0.1, 0.15) is 0 Å². The van der Waals surface area contributed by atoms with Gasteiger partial charge in [-0.3, -0.25) is 14.9 Å². The smallest absolute Gasteiger partial charge is 0.271 e. The van der Waals surface area contributed by atoms with Crippen LogP contribution in [0.1, 0.15) is 17.3 Å². The van der Waals surface area contributed by atoms with Crippen LogP contribution in [-0.4, -0.2) is 23.9 Å². The summed E-state index contributed by atoms with van der Waals surface area (Å²) in [5, 5.41) is 13.4. The van der Waals surface area contributed by atoms with Crippen LogP contribution in [-0.2, 0) is 0 Å². The highest BCUT2D eigenvalue weighted by atomic mass is 35.5. The van der Waals surface area contributed by atoms with Gasteiger partial charge in [0.05, 0.1) is 4.92 Å². The molecule has 3 N–H and O–H groups in total. The molecule has 0 aromatic heterocycles. The highest BCUT2D eigenvalue weighted by Gasteiger charge is 2.14. The summed E-state index contributed by atoms with van der Waals surface area (Å²) < 4.78 is 0. The van der Waals surface area contributed by atoms with Crippen molar-refractivity contribution in [2.24, 2.45) is 11.7 Å². The molecule has 1 aromatic rings. The first kappa shape index (κ1) is 14.4. The second-order valence-corrected chi connectivity index (χ2v) is 4.44. The summed E-state index contributed by atoms with van der Waals surface area (Å²) in [5.74, 6) is -0.260. The Morgan fingerprint density at radius 2 is 2.22 bits per heavy atom. The third-order valence-electron chi connectivity index (χ3n) is 2.37. The van der Waals surface area contributed by atoms with E-state index in [1.54, 1.807) is 0 Å². The SMILES string of the molecule is CC(CN)CNC(=O)c1cc(Cl)cc([N+](=O)[O-])c1. The fourth-order valence-corrected chi connectivity index (χ4v) is 1.49. The van der Waals surface area contributed by atoms with Crippen LogP contribution in [0.25, 0.3) is 0 Å². The van der Waals surface area contributed by atoms with E-state index < -0.39 is 10.8 Å². The fourth-order valence-electron chi connectivity index (χ4n) is 1.26. The monoisotopic (exact) mass is 271 g/mol. The van der Waals surface area contributed by atoms with Gasteiger partial charge in [-0.25, -0.2) is 0 Å². The molecule has 7 heteroatoms. The minimum Gasteiger partial charge on any atom is -0.352 e. The second kappa shape index (κ2) is 6.32. The predicted octanol–water partition coefficient (Wildman–Crippen LogP) is 1.57. The van der Waals surface area contributed by atoms with Gasteiger partial charge in [0.25, 0.3) is 11.6 Å². The third-order valence-corrected chi connectivity index (χ3v) is 2.59. The summed E-state index contributed by atoms with van der Waals surface area (Å²) >= 11 is 5.72. The van der Waals surface area contributed by atoms with Crippen molar-refractivity contribution >= 4 is 23.2 Å². The lowest BCUT2D eigenvalue weighted by Crippen LogP contribution is -2.31. The van der Waals surface area contributed by atoms with E-state index in [2.05, 4.69) is 5.32 Å². The topological polar surface area (TPSA) is 98.3 Å². The molecule has 0 radical (unpaired) electrons. The molecule has 0 aliphatic heterocycles. The lowest BCUT2D eigenvalue weighted by Gasteiger charge is -2.10. The zero-order valence-corrected chi connectivity index (χ0v) is 10.6. The fraction of sp³-hybridized carbons (Fsp3) is 0.364. The molecule has 0 fully saturated rings. The third kappa shape index (κ3) is 3.97. The number of carbonyl (C=O) groups is 1. The Labute approximate surface area is 109 Å². The number of nitrogens with one attached hydrogen (secondary N) is 1. The number of nitrogens with zero attached hydrogens (tertiary/aromatic N) is 1. The maximum Gasteiger partial charge on any atom is 0.271 e. The van der Waals surface area contributed by atoms with E-state index in [1.165, 1.54) is 18.2 Å². The van der Waals surface area contributed by atoms with Gasteiger partial charge in [-0.1, -0.05) is 18.5 Å². The molecule has 18 heavy (non-hydrogen) atoms. The molecule has 0 saturated heterocycles. The Hall–Kier alpha value is -1.66. The molecule has 0 heterocycles. The molecule has 1 amide bonds. The first-order valence-electron chi connectivity index (χ1n) is 5.37. The van der Waals surface area contributed by atoms with Crippen LogP contribution in [0.15, 0.2) is 18.2 Å². The van der Waals surface area contributed by atoms with Crippen molar-refractivity contribution in [2.75, 3.05) is 13.1 Å². The standard InChI is InChI=1S/C11H14ClN3O3/c1-7(5-13)6-14-11(16)8-2-9(12)4-10(3-8)15(17)18/h2-4,7H,5-6,13H2,1H3,(H,14,16). The number of nitro benzene ring substituents is 1. The molecule has 1 atom stereocenters. The van der Waals surface area contributed by atoms with Gasteiger partial charge in [0, 0.05) is 29.3 Å². The van der Waals surface area contributed by atoms with E-state index in [-0.39, 0.29) is 22.2 Å². The van der Waals surface area contributed by atoms with Gasteiger partial charge < -0.3 is 11.1 Å². The Balaban J connectivity index is 2.82. The first-order valence-corrected chi connectivity index (χ1v) is 5.75. The Morgan fingerprint density at radius 3 is 2.78 bits per heavy atom. The molecule has 0 aliphatic carbocycles. The minimum atomic E-state index is -0.592. The van der Waals surface area contributed by atoms with Gasteiger partial charge in [-0.2, -0.15) is 0 Å². The molecule has 1 rings (SSSR count). The number of non-ortho nitro benzene ring substituents is 1. The van der Waals surface area contributed by atoms with Crippen LogP contribution < -0.4 is 11.1 Å². The highest BCUT2D eigenvalue weighted by Crippen LogP contribution is 2.20. The number of benzene rings is 1. The molecule has 1 aromatic carbocycles. The summed E-state index contributed by atoms with van der Waals surface area (Å²) in [5.41, 5.74) is 5.38. The molecule has 0 saturated carbocycles. The van der Waals surface area contributed by atoms with Crippen molar-refractivity contribution in [3.8, 4) is 0 Å². The average molecular weight is 272 g/mol. The van der Waals surface area contributed by atoms with Crippen molar-refractivity contribution in [3.63, 3.8) is 0 Å². The van der Waals surface area contributed by atoms with Crippen molar-refractivity contribution < 1.29 is 9.72 Å². The lowest BCUT2D eigenvalue weighted by atomic mass is 10.1. The van der Waals surface area contributed by atoms with E-state index in [0.29, 0.717) is 13.1 Å². The number of hydrogen-bond donors (Lipinski definition) is 2. The molecule has 6 nitrogen and oxygen atoms in total. The molecule has 0 aliphatic rings. The van der Waals surface area contributed by atoms with Crippen molar-refractivity contribution in [1.29, 1.82) is 0 Å². The Kier molecular flexibility index (Phi) is 5.06. The number of amides is 1. The van der Waals surface area contributed by atoms with E-state index in [4.69, 9.17) is 17.3 Å². The molecule has 0 bridgehead atoms. The largest absolute Gasteiger partial charge is 0.352 e. The van der Waals surface area contributed by atoms with Gasteiger partial charge in [-0.05, 0) is 18.5 Å². The van der Waals surface area contributed by atoms with Gasteiger partial charge in [0.15, 0.2) is 0 Å². The van der Waals surface area contributed by atoms with E-state index in [1.807, 2.05) is 6.92 Å². The molecule has 98 valence electrons. The summed E-state index contributed by atoms with van der Waals surface area (Å²) in [6.07, 6.45) is 0. The number of nitro groups is 1. The first-order chi connectivity index (χ1) is 8.43. The number of hydrogen-bond acceptors (Lipinski definition) is 4. The van der Waals surface area contributed by atoms with Crippen LogP contribution in [0, 0.1) is 16.0 Å². The summed E-state index contributed by atoms with van der Waals surface area (Å²) in [6.45, 7) is 2.76. The minimum absolute atomic E-state index is 0.142. The highest BCUT2D eigenvalue weighted by molar-refractivity contribution is 6.31. The number of halogens is 1. The van der Waals surface area contributed by atoms with Gasteiger partial charge in [-0.15, -0.1) is 0 Å². The van der Waals surface area contributed by atoms with Crippen LogP contribution >= 0.6 is 11.6 Å². The summed E-state index contributed by atoms with van der Waals surface area (Å²) in [6, 6.07) is 3.77. The average Bonchev–Trinajstić information content (AvgIpc) is 2.34. The quantitative estimate of drug-likeness (QED) is 0.627. The maximum atomic E-state index is 11.8. The predicted molar refractivity (Wildman–Crippen MR) is 68.7 cm³/mol. The van der Waals surface area contributed by atoms with Crippen molar-refractivity contribution in [2.45, 2.75) is 6.92 Å². The maximum absolute atomic E-state index is 11.8. The Morgan fingerprint density at radius 1 is 1.56 bits per heavy atom. The van der Waals surface area contributed by atoms with Crippen LogP contribution in [0.2, 0.25) is 5.02 Å². The molecular formula is C11H14ClN3O3. The van der Waals surface area contributed by atoms with Crippen LogP contribution in [0.5, 0.6) is 0 Å². The zero-order chi connectivity index (χ0) is 13.7. The lowest BCUT2D eigenvalue weighted by molar-refractivity contribution is -0.384.